The lowest BCUT2D eigenvalue weighted by Crippen LogP contribution is -2.30. The summed E-state index contributed by atoms with van der Waals surface area (Å²) in [5.74, 6) is 0.779. The molecule has 0 spiro atoms. The Balaban J connectivity index is 2.40. The molecule has 10 heavy (non-hydrogen) atoms. The van der Waals surface area contributed by atoms with Gasteiger partial charge in [0.05, 0.1) is 0 Å². The van der Waals surface area contributed by atoms with Crippen molar-refractivity contribution < 1.29 is 0 Å². The summed E-state index contributed by atoms with van der Waals surface area (Å²) in [6.07, 6.45) is 2.88. The van der Waals surface area contributed by atoms with Crippen molar-refractivity contribution in [2.24, 2.45) is 9.98 Å². The molecule has 0 atom stereocenters. The predicted molar refractivity (Wildman–Crippen MR) is 43.7 cm³/mol. The average Bonchev–Trinajstić information content (AvgIpc) is 1.88. The van der Waals surface area contributed by atoms with Crippen LogP contribution in [-0.2, 0) is 0 Å². The third-order valence-electron chi connectivity index (χ3n) is 1.15. The molecule has 0 aromatic carbocycles. The first-order chi connectivity index (χ1) is 4.79. The number of nitrogens with zero attached hydrogens (tertiary/aromatic N) is 2. The van der Waals surface area contributed by atoms with Crippen LogP contribution in [0.15, 0.2) is 9.98 Å². The van der Waals surface area contributed by atoms with E-state index in [9.17, 15) is 0 Å². The van der Waals surface area contributed by atoms with Crippen LogP contribution in [0.4, 0.5) is 0 Å². The van der Waals surface area contributed by atoms with Crippen molar-refractivity contribution in [3.63, 3.8) is 0 Å². The molecule has 0 radical (unpaired) electrons. The largest absolute Gasteiger partial charge is 0.352 e. The quantitative estimate of drug-likeness (QED) is 0.573. The molecule has 56 valence electrons. The Bertz CT molecular complexity index is 158. The van der Waals surface area contributed by atoms with Gasteiger partial charge < -0.3 is 5.32 Å². The number of hydrogen-bond acceptors (Lipinski definition) is 3. The van der Waals surface area contributed by atoms with E-state index < -0.39 is 0 Å². The zero-order chi connectivity index (χ0) is 7.40. The fraction of sp³-hybridized carbons (Fsp3) is 0.714. The van der Waals surface area contributed by atoms with Crippen LogP contribution in [0.3, 0.4) is 0 Å². The minimum Gasteiger partial charge on any atom is -0.352 e. The van der Waals surface area contributed by atoms with Crippen molar-refractivity contribution in [2.45, 2.75) is 26.3 Å². The molecular weight excluding hydrogens is 126 g/mol. The van der Waals surface area contributed by atoms with E-state index in [1.165, 1.54) is 0 Å². The van der Waals surface area contributed by atoms with Gasteiger partial charge in [-0.3, -0.25) is 4.99 Å². The maximum atomic E-state index is 4.18. The highest BCUT2D eigenvalue weighted by Gasteiger charge is 1.99. The molecule has 3 nitrogen and oxygen atoms in total. The van der Waals surface area contributed by atoms with Crippen LogP contribution in [0.2, 0.25) is 0 Å². The monoisotopic (exact) mass is 139 g/mol. The molecule has 0 amide bonds. The van der Waals surface area contributed by atoms with E-state index in [4.69, 9.17) is 0 Å². The minimum absolute atomic E-state index is 0.425. The molecule has 1 heterocycles. The van der Waals surface area contributed by atoms with E-state index in [0.29, 0.717) is 6.04 Å². The van der Waals surface area contributed by atoms with Gasteiger partial charge in [-0.1, -0.05) is 0 Å². The molecule has 0 saturated heterocycles. The number of guanidine groups is 1. The SMILES string of the molecule is CC(C)NC1=NCCC=N1. The van der Waals surface area contributed by atoms with Gasteiger partial charge in [-0.2, -0.15) is 0 Å². The summed E-state index contributed by atoms with van der Waals surface area (Å²) in [7, 11) is 0. The van der Waals surface area contributed by atoms with Gasteiger partial charge >= 0.3 is 0 Å². The third kappa shape index (κ3) is 2.17. The fourth-order valence-electron chi connectivity index (χ4n) is 0.761. The molecule has 0 bridgehead atoms. The molecule has 0 fully saturated rings. The molecule has 1 rings (SSSR count). The van der Waals surface area contributed by atoms with Crippen molar-refractivity contribution in [3.8, 4) is 0 Å². The molecule has 0 saturated carbocycles. The molecule has 0 aromatic rings. The minimum atomic E-state index is 0.425. The number of nitrogens with one attached hydrogen (secondary N) is 1. The topological polar surface area (TPSA) is 36.8 Å². The summed E-state index contributed by atoms with van der Waals surface area (Å²) in [5.41, 5.74) is 0. The van der Waals surface area contributed by atoms with E-state index in [1.807, 2.05) is 6.21 Å². The molecule has 0 aromatic heterocycles. The van der Waals surface area contributed by atoms with Crippen LogP contribution in [0.5, 0.6) is 0 Å². The van der Waals surface area contributed by atoms with E-state index in [0.717, 1.165) is 18.9 Å². The fourth-order valence-corrected chi connectivity index (χ4v) is 0.761. The standard InChI is InChI=1S/C7H13N3/c1-6(2)10-7-8-4-3-5-9-7/h4,6H,3,5H2,1-2H3,(H,9,10). The highest BCUT2D eigenvalue weighted by molar-refractivity contribution is 5.89. The Morgan fingerprint density at radius 3 is 2.90 bits per heavy atom. The van der Waals surface area contributed by atoms with Crippen molar-refractivity contribution in [1.82, 2.24) is 5.32 Å². The number of hydrogen-bond donors (Lipinski definition) is 1. The van der Waals surface area contributed by atoms with Gasteiger partial charge in [0.1, 0.15) is 0 Å². The highest BCUT2D eigenvalue weighted by atomic mass is 15.1. The lowest BCUT2D eigenvalue weighted by Gasteiger charge is -2.10. The second kappa shape index (κ2) is 3.34. The first kappa shape index (κ1) is 7.25. The van der Waals surface area contributed by atoms with Gasteiger partial charge in [-0.25, -0.2) is 4.99 Å². The van der Waals surface area contributed by atoms with Crippen molar-refractivity contribution in [2.75, 3.05) is 6.54 Å². The maximum Gasteiger partial charge on any atom is 0.217 e. The Labute approximate surface area is 61.3 Å². The number of rotatable bonds is 1. The Morgan fingerprint density at radius 1 is 1.60 bits per heavy atom. The van der Waals surface area contributed by atoms with E-state index in [2.05, 4.69) is 29.1 Å². The second-order valence-corrected chi connectivity index (χ2v) is 2.60. The van der Waals surface area contributed by atoms with Crippen LogP contribution in [0.25, 0.3) is 0 Å². The van der Waals surface area contributed by atoms with Gasteiger partial charge in [-0.15, -0.1) is 0 Å². The maximum absolute atomic E-state index is 4.18. The van der Waals surface area contributed by atoms with E-state index in [1.54, 1.807) is 0 Å². The summed E-state index contributed by atoms with van der Waals surface area (Å²) in [6, 6.07) is 0.425. The zero-order valence-electron chi connectivity index (χ0n) is 6.46. The smallest absolute Gasteiger partial charge is 0.217 e. The summed E-state index contributed by atoms with van der Waals surface area (Å²) < 4.78 is 0. The van der Waals surface area contributed by atoms with Gasteiger partial charge in [0.2, 0.25) is 5.96 Å². The zero-order valence-corrected chi connectivity index (χ0v) is 6.46. The van der Waals surface area contributed by atoms with Crippen LogP contribution in [0, 0.1) is 0 Å². The molecule has 0 aliphatic carbocycles. The Morgan fingerprint density at radius 2 is 2.40 bits per heavy atom. The van der Waals surface area contributed by atoms with Gasteiger partial charge in [-0.05, 0) is 13.8 Å². The Hall–Kier alpha value is -0.860. The average molecular weight is 139 g/mol. The predicted octanol–water partition coefficient (Wildman–Crippen LogP) is 0.815. The lowest BCUT2D eigenvalue weighted by molar-refractivity contribution is 0.722. The van der Waals surface area contributed by atoms with Gasteiger partial charge in [0, 0.05) is 25.2 Å². The summed E-state index contributed by atoms with van der Waals surface area (Å²) >= 11 is 0. The van der Waals surface area contributed by atoms with Crippen LogP contribution in [0.1, 0.15) is 20.3 Å². The lowest BCUT2D eigenvalue weighted by atomic mass is 10.4. The summed E-state index contributed by atoms with van der Waals surface area (Å²) in [5, 5.41) is 3.13. The second-order valence-electron chi connectivity index (χ2n) is 2.60. The number of aliphatic imine (C=N–C) groups is 2. The van der Waals surface area contributed by atoms with Crippen molar-refractivity contribution >= 4 is 12.2 Å². The van der Waals surface area contributed by atoms with Crippen LogP contribution in [-0.4, -0.2) is 24.8 Å². The van der Waals surface area contributed by atoms with Crippen LogP contribution >= 0.6 is 0 Å². The third-order valence-corrected chi connectivity index (χ3v) is 1.15. The molecular formula is C7H13N3. The highest BCUT2D eigenvalue weighted by Crippen LogP contribution is 1.90. The van der Waals surface area contributed by atoms with E-state index in [-0.39, 0.29) is 0 Å². The summed E-state index contributed by atoms with van der Waals surface area (Å²) in [6.45, 7) is 5.03. The first-order valence-electron chi connectivity index (χ1n) is 3.62. The van der Waals surface area contributed by atoms with Crippen LogP contribution < -0.4 is 5.32 Å². The van der Waals surface area contributed by atoms with Crippen molar-refractivity contribution in [1.29, 1.82) is 0 Å². The molecule has 0 unspecified atom stereocenters. The normalized spacial score (nSPS) is 17.3. The molecule has 1 aliphatic heterocycles. The molecule has 1 N–H and O–H groups in total. The summed E-state index contributed by atoms with van der Waals surface area (Å²) in [4.78, 5) is 8.26. The van der Waals surface area contributed by atoms with Gasteiger partial charge in [0.25, 0.3) is 0 Å². The Kier molecular flexibility index (Phi) is 2.42. The van der Waals surface area contributed by atoms with E-state index >= 15 is 0 Å². The van der Waals surface area contributed by atoms with Gasteiger partial charge in [0.15, 0.2) is 0 Å². The first-order valence-corrected chi connectivity index (χ1v) is 3.62. The molecule has 1 aliphatic rings. The van der Waals surface area contributed by atoms with Crippen molar-refractivity contribution in [3.05, 3.63) is 0 Å². The molecule has 3 heteroatoms.